The SMILES string of the molecule is Cc1ccc(C(=O)C(Sc2nc(C)cc(N)n2)c2ccc(C)cc2)cc1. The number of rotatable bonds is 5. The zero-order chi connectivity index (χ0) is 18.7. The summed E-state index contributed by atoms with van der Waals surface area (Å²) >= 11 is 1.33. The zero-order valence-corrected chi connectivity index (χ0v) is 15.9. The summed E-state index contributed by atoms with van der Waals surface area (Å²) in [7, 11) is 0. The van der Waals surface area contributed by atoms with Crippen molar-refractivity contribution in [1.29, 1.82) is 0 Å². The van der Waals surface area contributed by atoms with Crippen molar-refractivity contribution >= 4 is 23.4 Å². The second kappa shape index (κ2) is 7.70. The van der Waals surface area contributed by atoms with E-state index in [1.807, 2.05) is 69.3 Å². The van der Waals surface area contributed by atoms with E-state index in [2.05, 4.69) is 9.97 Å². The summed E-state index contributed by atoms with van der Waals surface area (Å²) in [6, 6.07) is 17.3. The molecule has 1 heterocycles. The van der Waals surface area contributed by atoms with Crippen LogP contribution in [0.15, 0.2) is 59.8 Å². The highest BCUT2D eigenvalue weighted by Gasteiger charge is 2.25. The molecule has 0 aliphatic rings. The lowest BCUT2D eigenvalue weighted by molar-refractivity contribution is 0.0989. The van der Waals surface area contributed by atoms with Gasteiger partial charge in [0.05, 0.1) is 0 Å². The number of carbonyl (C=O) groups is 1. The van der Waals surface area contributed by atoms with Gasteiger partial charge in [-0.2, -0.15) is 0 Å². The summed E-state index contributed by atoms with van der Waals surface area (Å²) in [5.74, 6) is 0.438. The van der Waals surface area contributed by atoms with Gasteiger partial charge in [-0.25, -0.2) is 9.97 Å². The molecule has 0 radical (unpaired) electrons. The molecule has 0 amide bonds. The molecule has 0 fully saturated rings. The highest BCUT2D eigenvalue weighted by Crippen LogP contribution is 2.36. The molecule has 2 N–H and O–H groups in total. The molecule has 1 aromatic heterocycles. The molecule has 26 heavy (non-hydrogen) atoms. The van der Waals surface area contributed by atoms with E-state index in [0.717, 1.165) is 22.4 Å². The standard InChI is InChI=1S/C21H21N3OS/c1-13-4-8-16(9-5-13)19(25)20(17-10-6-14(2)7-11-17)26-21-23-15(3)12-18(22)24-21/h4-12,20H,1-3H3,(H2,22,23,24). The molecule has 0 spiro atoms. The lowest BCUT2D eigenvalue weighted by Gasteiger charge is -2.16. The Kier molecular flexibility index (Phi) is 5.38. The van der Waals surface area contributed by atoms with Crippen LogP contribution in [0.4, 0.5) is 5.82 Å². The number of anilines is 1. The third kappa shape index (κ3) is 4.29. The molecule has 5 heteroatoms. The van der Waals surface area contributed by atoms with Crippen LogP contribution in [0.3, 0.4) is 0 Å². The Bertz CT molecular complexity index is 901. The third-order valence-corrected chi connectivity index (χ3v) is 5.15. The largest absolute Gasteiger partial charge is 0.384 e. The first-order valence-corrected chi connectivity index (χ1v) is 9.25. The number of hydrogen-bond donors (Lipinski definition) is 1. The van der Waals surface area contributed by atoms with Gasteiger partial charge in [0, 0.05) is 17.3 Å². The lowest BCUT2D eigenvalue weighted by Crippen LogP contribution is -2.11. The lowest BCUT2D eigenvalue weighted by atomic mass is 10.0. The molecular weight excluding hydrogens is 342 g/mol. The minimum absolute atomic E-state index is 0.0301. The molecule has 2 aromatic carbocycles. The van der Waals surface area contributed by atoms with E-state index < -0.39 is 5.25 Å². The predicted octanol–water partition coefficient (Wildman–Crippen LogP) is 4.70. The Morgan fingerprint density at radius 3 is 2.08 bits per heavy atom. The van der Waals surface area contributed by atoms with E-state index >= 15 is 0 Å². The number of aromatic nitrogens is 2. The van der Waals surface area contributed by atoms with Crippen LogP contribution in [0.25, 0.3) is 0 Å². The van der Waals surface area contributed by atoms with E-state index in [1.54, 1.807) is 6.07 Å². The van der Waals surface area contributed by atoms with Gasteiger partial charge in [-0.3, -0.25) is 4.79 Å². The number of aryl methyl sites for hydroxylation is 3. The second-order valence-corrected chi connectivity index (χ2v) is 7.43. The number of thioether (sulfide) groups is 1. The molecule has 1 atom stereocenters. The van der Waals surface area contributed by atoms with Crippen LogP contribution < -0.4 is 5.73 Å². The highest BCUT2D eigenvalue weighted by molar-refractivity contribution is 8.00. The van der Waals surface area contributed by atoms with Crippen LogP contribution >= 0.6 is 11.8 Å². The number of Topliss-reactive ketones (excluding diaryl/α,β-unsaturated/α-hetero) is 1. The number of nitrogens with two attached hydrogens (primary N) is 1. The summed E-state index contributed by atoms with van der Waals surface area (Å²) in [6.07, 6.45) is 0. The van der Waals surface area contributed by atoms with Crippen molar-refractivity contribution in [1.82, 2.24) is 9.97 Å². The quantitative estimate of drug-likeness (QED) is 0.404. The van der Waals surface area contributed by atoms with E-state index in [-0.39, 0.29) is 5.78 Å². The number of nitrogens with zero attached hydrogens (tertiary/aromatic N) is 2. The van der Waals surface area contributed by atoms with E-state index in [4.69, 9.17) is 5.73 Å². The van der Waals surface area contributed by atoms with E-state index in [1.165, 1.54) is 11.8 Å². The Labute approximate surface area is 157 Å². The van der Waals surface area contributed by atoms with Gasteiger partial charge in [-0.05, 0) is 26.3 Å². The molecule has 4 nitrogen and oxygen atoms in total. The van der Waals surface area contributed by atoms with Gasteiger partial charge in [0.15, 0.2) is 10.9 Å². The average Bonchev–Trinajstić information content (AvgIpc) is 2.60. The topological polar surface area (TPSA) is 68.9 Å². The average molecular weight is 363 g/mol. The number of nitrogen functional groups attached to an aromatic ring is 1. The first kappa shape index (κ1) is 18.1. The normalized spacial score (nSPS) is 12.0. The van der Waals surface area contributed by atoms with Gasteiger partial charge < -0.3 is 5.73 Å². The molecule has 1 unspecified atom stereocenters. The highest BCUT2D eigenvalue weighted by atomic mass is 32.2. The van der Waals surface area contributed by atoms with Crippen molar-refractivity contribution in [3.8, 4) is 0 Å². The van der Waals surface area contributed by atoms with Gasteiger partial charge in [0.2, 0.25) is 0 Å². The molecule has 0 bridgehead atoms. The molecular formula is C21H21N3OS. The first-order chi connectivity index (χ1) is 12.4. The van der Waals surface area contributed by atoms with Crippen molar-refractivity contribution in [3.05, 3.63) is 82.5 Å². The molecule has 0 saturated carbocycles. The smallest absolute Gasteiger partial charge is 0.190 e. The molecule has 3 rings (SSSR count). The molecule has 0 saturated heterocycles. The van der Waals surface area contributed by atoms with Gasteiger partial charge in [0.25, 0.3) is 0 Å². The zero-order valence-electron chi connectivity index (χ0n) is 15.1. The van der Waals surface area contributed by atoms with Gasteiger partial charge in [0.1, 0.15) is 11.1 Å². The first-order valence-electron chi connectivity index (χ1n) is 8.37. The Hall–Kier alpha value is -2.66. The molecule has 132 valence electrons. The third-order valence-electron chi connectivity index (χ3n) is 4.03. The second-order valence-electron chi connectivity index (χ2n) is 6.36. The van der Waals surface area contributed by atoms with Crippen LogP contribution in [0, 0.1) is 20.8 Å². The fraction of sp³-hybridized carbons (Fsp3) is 0.190. The Balaban J connectivity index is 1.99. The molecule has 3 aromatic rings. The Morgan fingerprint density at radius 1 is 0.923 bits per heavy atom. The maximum absolute atomic E-state index is 13.2. The van der Waals surface area contributed by atoms with Crippen molar-refractivity contribution in [2.75, 3.05) is 5.73 Å². The number of hydrogen-bond acceptors (Lipinski definition) is 5. The van der Waals surface area contributed by atoms with Crippen LogP contribution in [0.2, 0.25) is 0 Å². The summed E-state index contributed by atoms with van der Waals surface area (Å²) in [5.41, 5.74) is 10.5. The summed E-state index contributed by atoms with van der Waals surface area (Å²) < 4.78 is 0. The van der Waals surface area contributed by atoms with Crippen LogP contribution in [0.5, 0.6) is 0 Å². The van der Waals surface area contributed by atoms with E-state index in [9.17, 15) is 4.79 Å². The predicted molar refractivity (Wildman–Crippen MR) is 106 cm³/mol. The van der Waals surface area contributed by atoms with Crippen LogP contribution in [-0.2, 0) is 0 Å². The monoisotopic (exact) mass is 363 g/mol. The van der Waals surface area contributed by atoms with Crippen molar-refractivity contribution < 1.29 is 4.79 Å². The molecule has 0 aliphatic heterocycles. The van der Waals surface area contributed by atoms with Crippen molar-refractivity contribution in [3.63, 3.8) is 0 Å². The molecule has 0 aliphatic carbocycles. The van der Waals surface area contributed by atoms with E-state index in [0.29, 0.717) is 16.5 Å². The number of ketones is 1. The van der Waals surface area contributed by atoms with Crippen molar-refractivity contribution in [2.24, 2.45) is 0 Å². The summed E-state index contributed by atoms with van der Waals surface area (Å²) in [5, 5.41) is 0.0769. The maximum Gasteiger partial charge on any atom is 0.190 e. The fourth-order valence-electron chi connectivity index (χ4n) is 2.61. The minimum Gasteiger partial charge on any atom is -0.384 e. The van der Waals surface area contributed by atoms with Gasteiger partial charge in [-0.15, -0.1) is 0 Å². The summed E-state index contributed by atoms with van der Waals surface area (Å²) in [6.45, 7) is 5.90. The van der Waals surface area contributed by atoms with Crippen LogP contribution in [0.1, 0.15) is 38.0 Å². The minimum atomic E-state index is -0.431. The number of benzene rings is 2. The van der Waals surface area contributed by atoms with Gasteiger partial charge in [-0.1, -0.05) is 71.4 Å². The Morgan fingerprint density at radius 2 is 1.50 bits per heavy atom. The van der Waals surface area contributed by atoms with Crippen molar-refractivity contribution in [2.45, 2.75) is 31.2 Å². The maximum atomic E-state index is 13.2. The summed E-state index contributed by atoms with van der Waals surface area (Å²) in [4.78, 5) is 21.9. The fourth-order valence-corrected chi connectivity index (χ4v) is 3.71. The van der Waals surface area contributed by atoms with Crippen LogP contribution in [-0.4, -0.2) is 15.8 Å². The number of carbonyl (C=O) groups excluding carboxylic acids is 1. The van der Waals surface area contributed by atoms with Gasteiger partial charge >= 0.3 is 0 Å².